The van der Waals surface area contributed by atoms with Gasteiger partial charge in [0.2, 0.25) is 5.95 Å². The molecule has 0 saturated heterocycles. The third-order valence-electron chi connectivity index (χ3n) is 8.40. The quantitative estimate of drug-likeness (QED) is 0.383. The molecular formula is C28H40N6S. The van der Waals surface area contributed by atoms with Gasteiger partial charge >= 0.3 is 0 Å². The van der Waals surface area contributed by atoms with Crippen molar-refractivity contribution in [2.45, 2.75) is 57.5 Å². The fraction of sp³-hybridized carbons (Fsp3) is 0.571. The van der Waals surface area contributed by atoms with E-state index in [9.17, 15) is 0 Å². The summed E-state index contributed by atoms with van der Waals surface area (Å²) in [5.41, 5.74) is 19.9. The van der Waals surface area contributed by atoms with Crippen LogP contribution in [0.25, 0.3) is 20.7 Å². The fourth-order valence-electron chi connectivity index (χ4n) is 6.02. The molecule has 1 atom stereocenters. The first-order valence-electron chi connectivity index (χ1n) is 13.4. The van der Waals surface area contributed by atoms with Crippen molar-refractivity contribution in [1.82, 2.24) is 9.97 Å². The molecule has 0 spiro atoms. The first-order chi connectivity index (χ1) is 17.1. The molecule has 2 aliphatic rings. The van der Waals surface area contributed by atoms with E-state index in [1.165, 1.54) is 53.5 Å². The third kappa shape index (κ3) is 5.69. The number of thiophene rings is 1. The first kappa shape index (κ1) is 24.6. The number of fused-ring (bicyclic) bond motifs is 1. The van der Waals surface area contributed by atoms with Crippen molar-refractivity contribution in [3.8, 4) is 10.6 Å². The lowest BCUT2D eigenvalue weighted by Gasteiger charge is -2.40. The molecule has 0 radical (unpaired) electrons. The van der Waals surface area contributed by atoms with E-state index in [0.717, 1.165) is 44.1 Å². The molecule has 2 aliphatic carbocycles. The monoisotopic (exact) mass is 492 g/mol. The molecule has 3 aromatic rings. The lowest BCUT2D eigenvalue weighted by Crippen LogP contribution is -2.51. The first-order valence-corrected chi connectivity index (χ1v) is 14.2. The van der Waals surface area contributed by atoms with Gasteiger partial charge in [-0.2, -0.15) is 0 Å². The van der Waals surface area contributed by atoms with Crippen molar-refractivity contribution in [1.29, 1.82) is 0 Å². The van der Waals surface area contributed by atoms with Gasteiger partial charge in [0.1, 0.15) is 0 Å². The van der Waals surface area contributed by atoms with Crippen LogP contribution in [-0.2, 0) is 0 Å². The average Bonchev–Trinajstić information content (AvgIpc) is 3.36. The molecule has 1 unspecified atom stereocenters. The standard InChI is InChI=1S/C28H40N6S/c29-16-19-5-7-21(8-6-19)18-34(27(31)22-11-9-20(17-30)10-12-22)28-32-14-13-24(33-28)26-15-23-3-1-2-4-25(23)35-26/h1-4,13-15,19-22,27H,5-12,16-18,29-31H2. The minimum Gasteiger partial charge on any atom is -0.330 e. The third-order valence-corrected chi connectivity index (χ3v) is 9.54. The maximum absolute atomic E-state index is 7.03. The number of benzene rings is 1. The molecule has 0 bridgehead atoms. The highest BCUT2D eigenvalue weighted by Gasteiger charge is 2.32. The van der Waals surface area contributed by atoms with Gasteiger partial charge in [-0.05, 0) is 112 Å². The Bertz CT molecular complexity index is 1050. The Morgan fingerprint density at radius 3 is 2.23 bits per heavy atom. The summed E-state index contributed by atoms with van der Waals surface area (Å²) < 4.78 is 1.28. The Kier molecular flexibility index (Phi) is 7.97. The lowest BCUT2D eigenvalue weighted by atomic mass is 9.79. The van der Waals surface area contributed by atoms with Gasteiger partial charge in [-0.3, -0.25) is 0 Å². The van der Waals surface area contributed by atoms with Crippen molar-refractivity contribution >= 4 is 27.4 Å². The van der Waals surface area contributed by atoms with Crippen LogP contribution < -0.4 is 22.1 Å². The zero-order valence-electron chi connectivity index (χ0n) is 20.7. The molecule has 2 heterocycles. The second-order valence-corrected chi connectivity index (χ2v) is 11.8. The van der Waals surface area contributed by atoms with E-state index in [4.69, 9.17) is 27.2 Å². The molecule has 1 aromatic carbocycles. The minimum atomic E-state index is -0.0707. The Morgan fingerprint density at radius 1 is 0.886 bits per heavy atom. The smallest absolute Gasteiger partial charge is 0.227 e. The highest BCUT2D eigenvalue weighted by Crippen LogP contribution is 2.36. The summed E-state index contributed by atoms with van der Waals surface area (Å²) in [6.07, 6.45) is 11.3. The second kappa shape index (κ2) is 11.3. The van der Waals surface area contributed by atoms with Gasteiger partial charge in [-0.1, -0.05) is 18.2 Å². The second-order valence-electron chi connectivity index (χ2n) is 10.7. The van der Waals surface area contributed by atoms with Crippen molar-refractivity contribution in [2.24, 2.45) is 40.9 Å². The number of rotatable bonds is 8. The van der Waals surface area contributed by atoms with Crippen molar-refractivity contribution < 1.29 is 0 Å². The predicted molar refractivity (Wildman–Crippen MR) is 147 cm³/mol. The molecule has 6 N–H and O–H groups in total. The molecule has 6 nitrogen and oxygen atoms in total. The van der Waals surface area contributed by atoms with Gasteiger partial charge in [0.25, 0.3) is 0 Å². The van der Waals surface area contributed by atoms with E-state index < -0.39 is 0 Å². The van der Waals surface area contributed by atoms with E-state index in [1.54, 1.807) is 11.3 Å². The Labute approximate surface area is 213 Å². The molecule has 0 aliphatic heterocycles. The number of anilines is 1. The zero-order valence-corrected chi connectivity index (χ0v) is 21.5. The molecule has 5 rings (SSSR count). The van der Waals surface area contributed by atoms with Crippen LogP contribution in [0, 0.1) is 23.7 Å². The van der Waals surface area contributed by atoms with Crippen LogP contribution in [0.3, 0.4) is 0 Å². The number of nitrogens with zero attached hydrogens (tertiary/aromatic N) is 3. The van der Waals surface area contributed by atoms with Gasteiger partial charge in [0.15, 0.2) is 0 Å². The normalized spacial score (nSPS) is 26.0. The van der Waals surface area contributed by atoms with Crippen molar-refractivity contribution in [3.63, 3.8) is 0 Å². The van der Waals surface area contributed by atoms with E-state index in [2.05, 4.69) is 35.2 Å². The molecule has 35 heavy (non-hydrogen) atoms. The number of hydrogen-bond donors (Lipinski definition) is 3. The Balaban J connectivity index is 1.40. The van der Waals surface area contributed by atoms with E-state index >= 15 is 0 Å². The van der Waals surface area contributed by atoms with Gasteiger partial charge in [-0.25, -0.2) is 9.97 Å². The summed E-state index contributed by atoms with van der Waals surface area (Å²) in [4.78, 5) is 13.4. The minimum absolute atomic E-state index is 0.0707. The van der Waals surface area contributed by atoms with Crippen LogP contribution in [0.15, 0.2) is 42.6 Å². The summed E-state index contributed by atoms with van der Waals surface area (Å²) in [7, 11) is 0. The molecule has 188 valence electrons. The fourth-order valence-corrected chi connectivity index (χ4v) is 7.05. The van der Waals surface area contributed by atoms with Crippen LogP contribution in [0.2, 0.25) is 0 Å². The van der Waals surface area contributed by atoms with Crippen LogP contribution >= 0.6 is 11.3 Å². The Morgan fingerprint density at radius 2 is 1.54 bits per heavy atom. The van der Waals surface area contributed by atoms with E-state index in [-0.39, 0.29) is 6.17 Å². The Hall–Kier alpha value is -2.06. The molecule has 2 aromatic heterocycles. The predicted octanol–water partition coefficient (Wildman–Crippen LogP) is 4.98. The number of aromatic nitrogens is 2. The lowest BCUT2D eigenvalue weighted by molar-refractivity contribution is 0.227. The molecule has 2 saturated carbocycles. The van der Waals surface area contributed by atoms with E-state index in [1.807, 2.05) is 12.3 Å². The molecule has 2 fully saturated rings. The maximum Gasteiger partial charge on any atom is 0.227 e. The van der Waals surface area contributed by atoms with Gasteiger partial charge in [-0.15, -0.1) is 11.3 Å². The molecule has 7 heteroatoms. The van der Waals surface area contributed by atoms with Gasteiger partial charge in [0, 0.05) is 17.4 Å². The van der Waals surface area contributed by atoms with Crippen LogP contribution in [0.4, 0.5) is 5.95 Å². The topological polar surface area (TPSA) is 107 Å². The number of nitrogens with two attached hydrogens (primary N) is 3. The van der Waals surface area contributed by atoms with Crippen LogP contribution in [0.5, 0.6) is 0 Å². The van der Waals surface area contributed by atoms with Crippen molar-refractivity contribution in [3.05, 3.63) is 42.6 Å². The van der Waals surface area contributed by atoms with E-state index in [0.29, 0.717) is 23.7 Å². The highest BCUT2D eigenvalue weighted by atomic mass is 32.1. The summed E-state index contributed by atoms with van der Waals surface area (Å²) in [6, 6.07) is 12.8. The van der Waals surface area contributed by atoms with Gasteiger partial charge in [0.05, 0.1) is 16.7 Å². The molecule has 0 amide bonds. The largest absolute Gasteiger partial charge is 0.330 e. The SMILES string of the molecule is NCC1CCC(CN(c2nccc(-c3cc4ccccc4s3)n2)C(N)C2CCC(CN)CC2)CC1. The summed E-state index contributed by atoms with van der Waals surface area (Å²) in [5, 5.41) is 1.26. The van der Waals surface area contributed by atoms with Crippen molar-refractivity contribution in [2.75, 3.05) is 24.5 Å². The summed E-state index contributed by atoms with van der Waals surface area (Å²) in [5.74, 6) is 3.16. The summed E-state index contributed by atoms with van der Waals surface area (Å²) in [6.45, 7) is 2.52. The van der Waals surface area contributed by atoms with Gasteiger partial charge < -0.3 is 22.1 Å². The maximum atomic E-state index is 7.03. The average molecular weight is 493 g/mol. The van der Waals surface area contributed by atoms with Crippen LogP contribution in [-0.4, -0.2) is 35.8 Å². The zero-order chi connectivity index (χ0) is 24.2. The van der Waals surface area contributed by atoms with Crippen LogP contribution in [0.1, 0.15) is 51.4 Å². The number of hydrogen-bond acceptors (Lipinski definition) is 7. The summed E-state index contributed by atoms with van der Waals surface area (Å²) >= 11 is 1.78. The molecular weight excluding hydrogens is 452 g/mol. The highest BCUT2D eigenvalue weighted by molar-refractivity contribution is 7.22.